The Hall–Kier alpha value is -1.08. The fourth-order valence-corrected chi connectivity index (χ4v) is 4.61. The van der Waals surface area contributed by atoms with E-state index in [0.717, 1.165) is 23.9 Å². The molecule has 1 heteroatoms. The van der Waals surface area contributed by atoms with E-state index in [4.69, 9.17) is 0 Å². The van der Waals surface area contributed by atoms with Gasteiger partial charge in [0.05, 0.1) is 0 Å². The van der Waals surface area contributed by atoms with Crippen LogP contribution in [0.4, 0.5) is 0 Å². The highest BCUT2D eigenvalue weighted by atomic mass is 15.3. The van der Waals surface area contributed by atoms with Crippen molar-refractivity contribution in [3.05, 3.63) is 47.5 Å². The first-order valence-corrected chi connectivity index (χ1v) is 7.24. The van der Waals surface area contributed by atoms with Crippen LogP contribution in [0, 0.1) is 12.8 Å². The van der Waals surface area contributed by atoms with Crippen molar-refractivity contribution in [1.82, 2.24) is 4.90 Å². The first-order chi connectivity index (χ1) is 8.74. The largest absolute Gasteiger partial charge is 0.293 e. The standard InChI is InChI=1S/C17H21N/c1-11-3-5-13(6-4-11)15-9-14-7-8-16-17(15)12(2)10-18(14)16/h3-6,14-17H,2,7-10H2,1H3/t14?,15-,16?,17?/m0/s1. The molecule has 3 fully saturated rings. The molecule has 0 amide bonds. The van der Waals surface area contributed by atoms with Gasteiger partial charge in [0.2, 0.25) is 0 Å². The Balaban J connectivity index is 1.73. The molecule has 4 bridgehead atoms. The van der Waals surface area contributed by atoms with Gasteiger partial charge in [-0.25, -0.2) is 0 Å². The van der Waals surface area contributed by atoms with Crippen LogP contribution in [0.25, 0.3) is 0 Å². The normalized spacial score (nSPS) is 41.4. The average molecular weight is 239 g/mol. The molecule has 94 valence electrons. The van der Waals surface area contributed by atoms with Crippen LogP contribution in [-0.2, 0) is 0 Å². The minimum atomic E-state index is 0.728. The van der Waals surface area contributed by atoms with Crippen LogP contribution in [0.3, 0.4) is 0 Å². The molecule has 1 aromatic carbocycles. The van der Waals surface area contributed by atoms with Crippen LogP contribution in [0.2, 0.25) is 0 Å². The Morgan fingerprint density at radius 2 is 1.94 bits per heavy atom. The summed E-state index contributed by atoms with van der Waals surface area (Å²) in [5.41, 5.74) is 4.40. The molecule has 0 aliphatic carbocycles. The molecule has 1 aromatic rings. The molecule has 3 saturated heterocycles. The molecule has 3 aliphatic rings. The zero-order valence-corrected chi connectivity index (χ0v) is 11.1. The van der Waals surface area contributed by atoms with Gasteiger partial charge in [0.1, 0.15) is 0 Å². The summed E-state index contributed by atoms with van der Waals surface area (Å²) in [4.78, 5) is 2.73. The van der Waals surface area contributed by atoms with Crippen LogP contribution >= 0.6 is 0 Å². The van der Waals surface area contributed by atoms with Gasteiger partial charge in [-0.3, -0.25) is 4.90 Å². The molecule has 3 aliphatic heterocycles. The van der Waals surface area contributed by atoms with Crippen LogP contribution in [0.15, 0.2) is 36.4 Å². The van der Waals surface area contributed by atoms with Gasteiger partial charge in [-0.05, 0) is 37.7 Å². The van der Waals surface area contributed by atoms with Crippen molar-refractivity contribution in [1.29, 1.82) is 0 Å². The summed E-state index contributed by atoms with van der Waals surface area (Å²) >= 11 is 0. The molecule has 4 rings (SSSR count). The highest BCUT2D eigenvalue weighted by molar-refractivity contribution is 5.33. The second-order valence-electron chi connectivity index (χ2n) is 6.41. The van der Waals surface area contributed by atoms with E-state index in [0.29, 0.717) is 0 Å². The highest BCUT2D eigenvalue weighted by Gasteiger charge is 2.52. The van der Waals surface area contributed by atoms with Gasteiger partial charge in [-0.15, -0.1) is 0 Å². The van der Waals surface area contributed by atoms with Crippen molar-refractivity contribution in [3.8, 4) is 0 Å². The van der Waals surface area contributed by atoms with E-state index in [2.05, 4.69) is 42.7 Å². The number of nitrogens with zero attached hydrogens (tertiary/aromatic N) is 1. The first kappa shape index (κ1) is 10.8. The summed E-state index contributed by atoms with van der Waals surface area (Å²) in [6.45, 7) is 7.71. The molecule has 1 nitrogen and oxygen atoms in total. The molecule has 18 heavy (non-hydrogen) atoms. The topological polar surface area (TPSA) is 3.24 Å². The van der Waals surface area contributed by atoms with Gasteiger partial charge in [0.25, 0.3) is 0 Å². The van der Waals surface area contributed by atoms with Crippen molar-refractivity contribution in [2.24, 2.45) is 5.92 Å². The van der Waals surface area contributed by atoms with Gasteiger partial charge in [0, 0.05) is 24.5 Å². The molecule has 0 spiro atoms. The van der Waals surface area contributed by atoms with Crippen molar-refractivity contribution in [2.75, 3.05) is 6.54 Å². The summed E-state index contributed by atoms with van der Waals surface area (Å²) in [5, 5.41) is 0. The maximum Gasteiger partial charge on any atom is 0.0199 e. The first-order valence-electron chi connectivity index (χ1n) is 7.24. The molecular weight excluding hydrogens is 218 g/mol. The second-order valence-corrected chi connectivity index (χ2v) is 6.41. The molecule has 3 heterocycles. The maximum atomic E-state index is 4.37. The molecule has 0 aromatic heterocycles. The Morgan fingerprint density at radius 3 is 2.72 bits per heavy atom. The molecule has 0 saturated carbocycles. The zero-order chi connectivity index (χ0) is 12.3. The van der Waals surface area contributed by atoms with E-state index in [9.17, 15) is 0 Å². The number of benzene rings is 1. The molecule has 0 radical (unpaired) electrons. The van der Waals surface area contributed by atoms with Gasteiger partial charge in [0.15, 0.2) is 0 Å². The summed E-state index contributed by atoms with van der Waals surface area (Å²) < 4.78 is 0. The van der Waals surface area contributed by atoms with Crippen LogP contribution in [-0.4, -0.2) is 23.5 Å². The van der Waals surface area contributed by atoms with Crippen molar-refractivity contribution >= 4 is 0 Å². The molecule has 0 N–H and O–H groups in total. The highest BCUT2D eigenvalue weighted by Crippen LogP contribution is 2.53. The lowest BCUT2D eigenvalue weighted by Crippen LogP contribution is -2.40. The smallest absolute Gasteiger partial charge is 0.0199 e. The predicted octanol–water partition coefficient (Wildman–Crippen LogP) is 3.50. The predicted molar refractivity (Wildman–Crippen MR) is 74.7 cm³/mol. The number of rotatable bonds is 1. The van der Waals surface area contributed by atoms with Gasteiger partial charge >= 0.3 is 0 Å². The Kier molecular flexibility index (Phi) is 2.23. The molecular formula is C17H21N. The van der Waals surface area contributed by atoms with Crippen molar-refractivity contribution in [2.45, 2.75) is 44.2 Å². The van der Waals surface area contributed by atoms with Crippen molar-refractivity contribution < 1.29 is 0 Å². The van der Waals surface area contributed by atoms with E-state index in [1.54, 1.807) is 5.56 Å². The zero-order valence-electron chi connectivity index (χ0n) is 11.1. The van der Waals surface area contributed by atoms with Gasteiger partial charge in [-0.1, -0.05) is 42.0 Å². The van der Waals surface area contributed by atoms with E-state index in [1.165, 1.54) is 36.9 Å². The van der Waals surface area contributed by atoms with E-state index < -0.39 is 0 Å². The van der Waals surface area contributed by atoms with Gasteiger partial charge in [-0.2, -0.15) is 0 Å². The van der Waals surface area contributed by atoms with E-state index >= 15 is 0 Å². The second kappa shape index (κ2) is 3.71. The van der Waals surface area contributed by atoms with Crippen LogP contribution in [0.1, 0.15) is 36.3 Å². The Labute approximate surface area is 109 Å². The lowest BCUT2D eigenvalue weighted by atomic mass is 9.76. The third kappa shape index (κ3) is 1.37. The summed E-state index contributed by atoms with van der Waals surface area (Å²) in [6.07, 6.45) is 4.16. The monoisotopic (exact) mass is 239 g/mol. The molecule has 5 atom stereocenters. The number of hydrogen-bond donors (Lipinski definition) is 0. The quantitative estimate of drug-likeness (QED) is 0.678. The molecule has 4 unspecified atom stereocenters. The summed E-state index contributed by atoms with van der Waals surface area (Å²) in [7, 11) is 0. The maximum absolute atomic E-state index is 4.37. The fraction of sp³-hybridized carbons (Fsp3) is 0.529. The number of aryl methyl sites for hydroxylation is 1. The lowest BCUT2D eigenvalue weighted by molar-refractivity contribution is 0.154. The lowest BCUT2D eigenvalue weighted by Gasteiger charge is -2.37. The summed E-state index contributed by atoms with van der Waals surface area (Å²) in [5.74, 6) is 1.46. The number of hydrogen-bond acceptors (Lipinski definition) is 1. The Morgan fingerprint density at radius 1 is 1.17 bits per heavy atom. The van der Waals surface area contributed by atoms with E-state index in [1.807, 2.05) is 0 Å². The number of piperidine rings is 1. The third-order valence-electron chi connectivity index (χ3n) is 5.43. The third-order valence-corrected chi connectivity index (χ3v) is 5.43. The van der Waals surface area contributed by atoms with Crippen molar-refractivity contribution in [3.63, 3.8) is 0 Å². The summed E-state index contributed by atoms with van der Waals surface area (Å²) in [6, 6.07) is 10.9. The minimum absolute atomic E-state index is 0.728. The SMILES string of the molecule is C=C1CN2C3CCC2C1[C@H](c1ccc(C)cc1)C3. The van der Waals surface area contributed by atoms with Crippen LogP contribution in [0.5, 0.6) is 0 Å². The fourth-order valence-electron chi connectivity index (χ4n) is 4.61. The Bertz CT molecular complexity index is 487. The van der Waals surface area contributed by atoms with Gasteiger partial charge < -0.3 is 0 Å². The minimum Gasteiger partial charge on any atom is -0.293 e. The van der Waals surface area contributed by atoms with E-state index in [-0.39, 0.29) is 0 Å². The average Bonchev–Trinajstić information content (AvgIpc) is 2.76. The van der Waals surface area contributed by atoms with Crippen LogP contribution < -0.4 is 0 Å².